The molecule has 0 fully saturated rings. The average molecular weight is 439 g/mol. The number of ether oxygens (including phenoxy) is 2. The van der Waals surface area contributed by atoms with Crippen molar-refractivity contribution < 1.29 is 19.1 Å². The second-order valence-electron chi connectivity index (χ2n) is 6.90. The summed E-state index contributed by atoms with van der Waals surface area (Å²) in [5.41, 5.74) is 2.00. The molecule has 1 atom stereocenters. The third-order valence-corrected chi connectivity index (χ3v) is 5.70. The summed E-state index contributed by atoms with van der Waals surface area (Å²) < 4.78 is 13.3. The van der Waals surface area contributed by atoms with Gasteiger partial charge >= 0.3 is 6.03 Å². The number of rotatable bonds is 6. The van der Waals surface area contributed by atoms with Crippen LogP contribution >= 0.6 is 11.8 Å². The summed E-state index contributed by atoms with van der Waals surface area (Å²) in [6.45, 7) is 0.546. The maximum atomic E-state index is 12.1. The lowest BCUT2D eigenvalue weighted by Crippen LogP contribution is -2.46. The van der Waals surface area contributed by atoms with E-state index < -0.39 is 11.9 Å². The van der Waals surface area contributed by atoms with Crippen molar-refractivity contribution in [3.05, 3.63) is 60.8 Å². The number of nitrogens with one attached hydrogen (secondary N) is 2. The maximum absolute atomic E-state index is 12.1. The Hall–Kier alpha value is -3.46. The number of hydrogen-bond acceptors (Lipinski definition) is 6. The van der Waals surface area contributed by atoms with Crippen LogP contribution in [0.4, 0.5) is 4.79 Å². The Labute approximate surface area is 184 Å². The molecule has 2 N–H and O–H groups in total. The van der Waals surface area contributed by atoms with Crippen LogP contribution in [0.25, 0.3) is 11.3 Å². The van der Waals surface area contributed by atoms with Crippen LogP contribution in [0.3, 0.4) is 0 Å². The lowest BCUT2D eigenvalue weighted by molar-refractivity contribution is -0.117. The van der Waals surface area contributed by atoms with Gasteiger partial charge in [-0.15, -0.1) is 0 Å². The van der Waals surface area contributed by atoms with Crippen molar-refractivity contribution >= 4 is 23.7 Å². The number of carbonyl (C=O) groups is 2. The number of thioether (sulfide) groups is 1. The number of aromatic nitrogens is 2. The average Bonchev–Trinajstić information content (AvgIpc) is 3.17. The molecule has 9 heteroatoms. The molecule has 0 radical (unpaired) electrons. The number of nitrogens with zero attached hydrogens (tertiary/aromatic N) is 2. The van der Waals surface area contributed by atoms with Crippen LogP contribution < -0.4 is 20.1 Å². The van der Waals surface area contributed by atoms with E-state index >= 15 is 0 Å². The van der Waals surface area contributed by atoms with Crippen LogP contribution in [0.2, 0.25) is 0 Å². The molecule has 1 aliphatic rings. The van der Waals surface area contributed by atoms with E-state index in [-0.39, 0.29) is 18.4 Å². The smallest absolute Gasteiger partial charge is 0.321 e. The normalized spacial score (nSPS) is 14.7. The van der Waals surface area contributed by atoms with Gasteiger partial charge in [0, 0.05) is 7.05 Å². The lowest BCUT2D eigenvalue weighted by atomic mass is 10.2. The first-order valence-corrected chi connectivity index (χ1v) is 10.7. The minimum Gasteiger partial charge on any atom is -0.486 e. The molecule has 0 saturated carbocycles. The Balaban J connectivity index is 1.22. The minimum atomic E-state index is -0.571. The first-order chi connectivity index (χ1) is 15.1. The molecule has 1 aromatic heterocycles. The maximum Gasteiger partial charge on any atom is 0.321 e. The summed E-state index contributed by atoms with van der Waals surface area (Å²) in [6, 6.07) is 16.7. The van der Waals surface area contributed by atoms with E-state index in [9.17, 15) is 9.59 Å². The summed E-state index contributed by atoms with van der Waals surface area (Å²) in [7, 11) is 1.90. The lowest BCUT2D eigenvalue weighted by Gasteiger charge is -2.26. The van der Waals surface area contributed by atoms with E-state index in [1.807, 2.05) is 66.2 Å². The third-order valence-electron chi connectivity index (χ3n) is 4.66. The van der Waals surface area contributed by atoms with Crippen molar-refractivity contribution in [2.24, 2.45) is 7.05 Å². The fraction of sp³-hybridized carbons (Fsp3) is 0.227. The van der Waals surface area contributed by atoms with E-state index in [1.165, 1.54) is 11.8 Å². The van der Waals surface area contributed by atoms with Crippen molar-refractivity contribution in [1.29, 1.82) is 0 Å². The number of carbonyl (C=O) groups excluding carboxylic acids is 2. The first-order valence-electron chi connectivity index (χ1n) is 9.76. The van der Waals surface area contributed by atoms with Gasteiger partial charge in [0.25, 0.3) is 0 Å². The molecule has 0 spiro atoms. The Bertz CT molecular complexity index is 1070. The van der Waals surface area contributed by atoms with E-state index in [4.69, 9.17) is 9.47 Å². The van der Waals surface area contributed by atoms with Gasteiger partial charge in [-0.1, -0.05) is 54.2 Å². The molecule has 0 bridgehead atoms. The topological polar surface area (TPSA) is 94.5 Å². The van der Waals surface area contributed by atoms with Crippen LogP contribution in [0.1, 0.15) is 0 Å². The highest BCUT2D eigenvalue weighted by atomic mass is 32.2. The summed E-state index contributed by atoms with van der Waals surface area (Å²) >= 11 is 1.27. The SMILES string of the molecule is Cn1c(-c2ccccc2)cnc1SCC(=O)NC(=O)NC[C@@H]1COc2ccccc2O1. The molecule has 0 aliphatic carbocycles. The molecule has 31 heavy (non-hydrogen) atoms. The van der Waals surface area contributed by atoms with Crippen molar-refractivity contribution in [1.82, 2.24) is 20.2 Å². The van der Waals surface area contributed by atoms with Gasteiger partial charge in [0.2, 0.25) is 5.91 Å². The van der Waals surface area contributed by atoms with Crippen molar-refractivity contribution in [2.45, 2.75) is 11.3 Å². The van der Waals surface area contributed by atoms with Gasteiger partial charge in [-0.25, -0.2) is 9.78 Å². The molecule has 0 saturated heterocycles. The number of amides is 3. The van der Waals surface area contributed by atoms with E-state index in [0.717, 1.165) is 11.3 Å². The first kappa shape index (κ1) is 20.8. The Morgan fingerprint density at radius 1 is 1.13 bits per heavy atom. The molecular weight excluding hydrogens is 416 g/mol. The van der Waals surface area contributed by atoms with Crippen LogP contribution in [-0.4, -0.2) is 46.5 Å². The zero-order valence-corrected chi connectivity index (χ0v) is 17.7. The largest absolute Gasteiger partial charge is 0.486 e. The minimum absolute atomic E-state index is 0.0723. The van der Waals surface area contributed by atoms with Crippen LogP contribution in [0, 0.1) is 0 Å². The molecule has 2 aromatic carbocycles. The molecule has 8 nitrogen and oxygen atoms in total. The molecular formula is C22H22N4O4S. The van der Waals surface area contributed by atoms with Gasteiger partial charge in [0.15, 0.2) is 22.8 Å². The third kappa shape index (κ3) is 5.18. The fourth-order valence-corrected chi connectivity index (χ4v) is 3.86. The highest BCUT2D eigenvalue weighted by Crippen LogP contribution is 2.30. The zero-order chi connectivity index (χ0) is 21.6. The van der Waals surface area contributed by atoms with Crippen LogP contribution in [0.5, 0.6) is 11.5 Å². The quantitative estimate of drug-likeness (QED) is 0.575. The van der Waals surface area contributed by atoms with Gasteiger partial charge in [0.05, 0.1) is 24.2 Å². The van der Waals surface area contributed by atoms with Gasteiger partial charge in [-0.3, -0.25) is 10.1 Å². The zero-order valence-electron chi connectivity index (χ0n) is 16.9. The molecule has 4 rings (SSSR count). The molecule has 0 unspecified atom stereocenters. The van der Waals surface area contributed by atoms with Crippen molar-refractivity contribution in [3.63, 3.8) is 0 Å². The second-order valence-corrected chi connectivity index (χ2v) is 7.84. The highest BCUT2D eigenvalue weighted by molar-refractivity contribution is 7.99. The summed E-state index contributed by atoms with van der Waals surface area (Å²) in [6.07, 6.45) is 1.45. The summed E-state index contributed by atoms with van der Waals surface area (Å²) in [4.78, 5) is 28.6. The molecule has 1 aliphatic heterocycles. The monoisotopic (exact) mass is 438 g/mol. The number of imidazole rings is 1. The Kier molecular flexibility index (Phi) is 6.42. The number of para-hydroxylation sites is 2. The van der Waals surface area contributed by atoms with Crippen molar-refractivity contribution in [2.75, 3.05) is 18.9 Å². The molecule has 160 valence electrons. The number of benzene rings is 2. The van der Waals surface area contributed by atoms with Crippen molar-refractivity contribution in [3.8, 4) is 22.8 Å². The van der Waals surface area contributed by atoms with E-state index in [0.29, 0.717) is 23.3 Å². The number of imide groups is 1. The predicted molar refractivity (Wildman–Crippen MR) is 117 cm³/mol. The van der Waals surface area contributed by atoms with Crippen LogP contribution in [0.15, 0.2) is 66.0 Å². The number of hydrogen-bond donors (Lipinski definition) is 2. The highest BCUT2D eigenvalue weighted by Gasteiger charge is 2.21. The summed E-state index contributed by atoms with van der Waals surface area (Å²) in [5.74, 6) is 0.986. The summed E-state index contributed by atoms with van der Waals surface area (Å²) in [5, 5.41) is 5.66. The fourth-order valence-electron chi connectivity index (χ4n) is 3.11. The predicted octanol–water partition coefficient (Wildman–Crippen LogP) is 2.85. The molecule has 3 aromatic rings. The Morgan fingerprint density at radius 2 is 1.87 bits per heavy atom. The molecule has 2 heterocycles. The van der Waals surface area contributed by atoms with Gasteiger partial charge in [-0.05, 0) is 17.7 Å². The van der Waals surface area contributed by atoms with Gasteiger partial charge < -0.3 is 19.4 Å². The van der Waals surface area contributed by atoms with Gasteiger partial charge in [0.1, 0.15) is 6.61 Å². The van der Waals surface area contributed by atoms with Crippen LogP contribution in [-0.2, 0) is 11.8 Å². The van der Waals surface area contributed by atoms with E-state index in [2.05, 4.69) is 15.6 Å². The number of urea groups is 1. The van der Waals surface area contributed by atoms with E-state index in [1.54, 1.807) is 6.20 Å². The van der Waals surface area contributed by atoms with Gasteiger partial charge in [-0.2, -0.15) is 0 Å². The second kappa shape index (κ2) is 9.57. The Morgan fingerprint density at radius 3 is 2.68 bits per heavy atom. The molecule has 3 amide bonds. The number of fused-ring (bicyclic) bond motifs is 1. The standard InChI is InChI=1S/C22H22N4O4S/c1-26-17(15-7-3-2-4-8-15)12-24-22(26)31-14-20(27)25-21(28)23-11-16-13-29-18-9-5-6-10-19(18)30-16/h2-10,12,16H,11,13-14H2,1H3,(H2,23,25,27,28)/t16-/m1/s1.